The molecule has 1 aromatic carbocycles. The van der Waals surface area contributed by atoms with Gasteiger partial charge >= 0.3 is 0 Å². The molecule has 0 fully saturated rings. The summed E-state index contributed by atoms with van der Waals surface area (Å²) in [6.45, 7) is 5.72. The Morgan fingerprint density at radius 1 is 1.35 bits per heavy atom. The highest BCUT2D eigenvalue weighted by atomic mass is 79.9. The van der Waals surface area contributed by atoms with Crippen molar-refractivity contribution in [3.05, 3.63) is 82.7 Å². The van der Waals surface area contributed by atoms with Gasteiger partial charge in [0.1, 0.15) is 0 Å². The molecule has 0 spiro atoms. The van der Waals surface area contributed by atoms with Crippen molar-refractivity contribution in [2.24, 2.45) is 0 Å². The quantitative estimate of drug-likeness (QED) is 0.603. The lowest BCUT2D eigenvalue weighted by Gasteiger charge is -2.16. The van der Waals surface area contributed by atoms with Gasteiger partial charge in [0.15, 0.2) is 0 Å². The summed E-state index contributed by atoms with van der Waals surface area (Å²) in [5.74, 6) is 0. The summed E-state index contributed by atoms with van der Waals surface area (Å²) in [6.07, 6.45) is 4.90. The molecule has 0 aliphatic rings. The third-order valence-electron chi connectivity index (χ3n) is 3.23. The fourth-order valence-electron chi connectivity index (χ4n) is 2.15. The summed E-state index contributed by atoms with van der Waals surface area (Å²) in [5, 5.41) is 0. The van der Waals surface area contributed by atoms with E-state index in [-0.39, 0.29) is 6.54 Å². The van der Waals surface area contributed by atoms with Gasteiger partial charge in [-0.2, -0.15) is 0 Å². The van der Waals surface area contributed by atoms with Crippen molar-refractivity contribution < 1.29 is 8.42 Å². The van der Waals surface area contributed by atoms with Crippen LogP contribution in [0.4, 0.5) is 0 Å². The molecule has 1 aromatic heterocycles. The third-order valence-corrected chi connectivity index (χ3v) is 4.36. The number of aromatic nitrogens is 1. The first-order chi connectivity index (χ1) is 11.0. The van der Waals surface area contributed by atoms with E-state index in [0.717, 1.165) is 26.9 Å². The van der Waals surface area contributed by atoms with E-state index in [0.29, 0.717) is 0 Å². The predicted octanol–water partition coefficient (Wildman–Crippen LogP) is 3.56. The van der Waals surface area contributed by atoms with Gasteiger partial charge in [-0.15, -0.1) is 6.58 Å². The zero-order chi connectivity index (χ0) is 16.8. The average Bonchev–Trinajstić information content (AvgIpc) is 2.54. The SMILES string of the molecule is C=CCN(/C=C(\c1ccccc1)c1cc(Br)cnc1C)[SH](=O)=O. The Labute approximate surface area is 146 Å². The third kappa shape index (κ3) is 4.53. The van der Waals surface area contributed by atoms with Crippen LogP contribution in [-0.4, -0.2) is 24.3 Å². The molecule has 6 heteroatoms. The fourth-order valence-corrected chi connectivity index (χ4v) is 2.94. The molecule has 0 saturated heterocycles. The van der Waals surface area contributed by atoms with E-state index < -0.39 is 10.9 Å². The van der Waals surface area contributed by atoms with E-state index in [2.05, 4.69) is 27.5 Å². The zero-order valence-electron chi connectivity index (χ0n) is 12.6. The molecule has 0 bridgehead atoms. The van der Waals surface area contributed by atoms with Crippen LogP contribution >= 0.6 is 15.9 Å². The summed E-state index contributed by atoms with van der Waals surface area (Å²) in [7, 11) is -2.75. The average molecular weight is 393 g/mol. The van der Waals surface area contributed by atoms with E-state index in [1.807, 2.05) is 43.3 Å². The standard InChI is InChI=1S/C17H17BrN2O2S/c1-3-9-20(23(21)22)12-17(14-7-5-4-6-8-14)16-10-15(18)11-19-13(16)2/h3-8,10-12,23H,1,9H2,2H3/b17-12+. The van der Waals surface area contributed by atoms with E-state index in [4.69, 9.17) is 0 Å². The lowest BCUT2D eigenvalue weighted by molar-refractivity contribution is 0.546. The van der Waals surface area contributed by atoms with E-state index in [1.54, 1.807) is 18.5 Å². The van der Waals surface area contributed by atoms with Gasteiger partial charge in [0.2, 0.25) is 10.9 Å². The van der Waals surface area contributed by atoms with E-state index in [1.165, 1.54) is 4.31 Å². The first kappa shape index (κ1) is 17.4. The molecule has 0 saturated carbocycles. The van der Waals surface area contributed by atoms with Crippen molar-refractivity contribution in [2.45, 2.75) is 6.92 Å². The van der Waals surface area contributed by atoms with Gasteiger partial charge in [0.25, 0.3) is 0 Å². The highest BCUT2D eigenvalue weighted by Crippen LogP contribution is 2.28. The first-order valence-electron chi connectivity index (χ1n) is 6.94. The Morgan fingerprint density at radius 2 is 2.04 bits per heavy atom. The Bertz CT molecular complexity index is 793. The molecule has 2 aromatic rings. The van der Waals surface area contributed by atoms with Crippen LogP contribution < -0.4 is 0 Å². The molecular formula is C17H17BrN2O2S. The predicted molar refractivity (Wildman–Crippen MR) is 97.4 cm³/mol. The van der Waals surface area contributed by atoms with Gasteiger partial charge < -0.3 is 0 Å². The highest BCUT2D eigenvalue weighted by molar-refractivity contribution is 9.10. The second-order valence-corrected chi connectivity index (χ2v) is 6.75. The van der Waals surface area contributed by atoms with Crippen molar-refractivity contribution in [1.29, 1.82) is 0 Å². The summed E-state index contributed by atoms with van der Waals surface area (Å²) in [6, 6.07) is 11.6. The number of thiol groups is 1. The number of pyridine rings is 1. The number of rotatable bonds is 6. The van der Waals surface area contributed by atoms with Crippen LogP contribution in [-0.2, 0) is 10.9 Å². The van der Waals surface area contributed by atoms with Crippen LogP contribution in [0.1, 0.15) is 16.8 Å². The van der Waals surface area contributed by atoms with Crippen molar-refractivity contribution in [3.8, 4) is 0 Å². The molecular weight excluding hydrogens is 376 g/mol. The highest BCUT2D eigenvalue weighted by Gasteiger charge is 2.12. The summed E-state index contributed by atoms with van der Waals surface area (Å²) in [5.41, 5.74) is 3.40. The van der Waals surface area contributed by atoms with Crippen LogP contribution in [0.5, 0.6) is 0 Å². The summed E-state index contributed by atoms with van der Waals surface area (Å²) in [4.78, 5) is 4.35. The Hall–Kier alpha value is -1.92. The van der Waals surface area contributed by atoms with Crippen LogP contribution in [0, 0.1) is 6.92 Å². The first-order valence-corrected chi connectivity index (χ1v) is 8.87. The second kappa shape index (κ2) is 8.08. The number of halogens is 1. The Kier molecular flexibility index (Phi) is 6.12. The fraction of sp³-hybridized carbons (Fsp3) is 0.118. The Morgan fingerprint density at radius 3 is 2.65 bits per heavy atom. The van der Waals surface area contributed by atoms with Crippen LogP contribution in [0.15, 0.2) is 65.9 Å². The van der Waals surface area contributed by atoms with Crippen molar-refractivity contribution >= 4 is 32.4 Å². The van der Waals surface area contributed by atoms with Gasteiger partial charge in [0, 0.05) is 33.7 Å². The maximum atomic E-state index is 11.5. The maximum Gasteiger partial charge on any atom is 0.224 e. The Balaban J connectivity index is 2.65. The molecule has 0 atom stereocenters. The van der Waals surface area contributed by atoms with Gasteiger partial charge in [-0.1, -0.05) is 36.4 Å². The zero-order valence-corrected chi connectivity index (χ0v) is 15.1. The van der Waals surface area contributed by atoms with Gasteiger partial charge in [0.05, 0.1) is 6.54 Å². The van der Waals surface area contributed by atoms with Crippen molar-refractivity contribution in [2.75, 3.05) is 6.54 Å². The minimum atomic E-state index is -2.75. The van der Waals surface area contributed by atoms with E-state index >= 15 is 0 Å². The van der Waals surface area contributed by atoms with Crippen LogP contribution in [0.25, 0.3) is 5.57 Å². The molecule has 0 unspecified atom stereocenters. The molecule has 1 heterocycles. The molecule has 0 aliphatic heterocycles. The molecule has 120 valence electrons. The number of hydrogen-bond acceptors (Lipinski definition) is 3. The number of aryl methyl sites for hydroxylation is 1. The van der Waals surface area contributed by atoms with Crippen molar-refractivity contribution in [1.82, 2.24) is 9.29 Å². The molecule has 23 heavy (non-hydrogen) atoms. The number of nitrogens with zero attached hydrogens (tertiary/aromatic N) is 2. The molecule has 0 radical (unpaired) electrons. The van der Waals surface area contributed by atoms with E-state index in [9.17, 15) is 8.42 Å². The number of benzene rings is 1. The largest absolute Gasteiger partial charge is 0.275 e. The molecule has 0 N–H and O–H groups in total. The monoisotopic (exact) mass is 392 g/mol. The lowest BCUT2D eigenvalue weighted by Crippen LogP contribution is -2.16. The van der Waals surface area contributed by atoms with Gasteiger partial charge in [-0.25, -0.2) is 8.42 Å². The number of hydrogen-bond donors (Lipinski definition) is 1. The smallest absolute Gasteiger partial charge is 0.224 e. The molecule has 2 rings (SSSR count). The molecule has 0 amide bonds. The minimum absolute atomic E-state index is 0.218. The molecule has 0 aliphatic carbocycles. The van der Waals surface area contributed by atoms with Crippen LogP contribution in [0.3, 0.4) is 0 Å². The minimum Gasteiger partial charge on any atom is -0.275 e. The maximum absolute atomic E-state index is 11.5. The lowest BCUT2D eigenvalue weighted by atomic mass is 9.98. The topological polar surface area (TPSA) is 50.3 Å². The summed E-state index contributed by atoms with van der Waals surface area (Å²) < 4.78 is 25.0. The van der Waals surface area contributed by atoms with Crippen LogP contribution in [0.2, 0.25) is 0 Å². The summed E-state index contributed by atoms with van der Waals surface area (Å²) >= 11 is 3.42. The van der Waals surface area contributed by atoms with Gasteiger partial charge in [-0.05, 0) is 34.5 Å². The molecule has 4 nitrogen and oxygen atoms in total. The van der Waals surface area contributed by atoms with Crippen molar-refractivity contribution in [3.63, 3.8) is 0 Å². The normalized spacial score (nSPS) is 11.5. The second-order valence-electron chi connectivity index (χ2n) is 4.84. The van der Waals surface area contributed by atoms with Gasteiger partial charge in [-0.3, -0.25) is 9.29 Å².